The lowest BCUT2D eigenvalue weighted by atomic mass is 10.1. The number of rotatable bonds is 9. The molecule has 0 unspecified atom stereocenters. The first-order valence-electron chi connectivity index (χ1n) is 12.7. The van der Waals surface area contributed by atoms with Crippen LogP contribution in [0.25, 0.3) is 10.9 Å². The van der Waals surface area contributed by atoms with Crippen LogP contribution in [0.3, 0.4) is 0 Å². The lowest BCUT2D eigenvalue weighted by Gasteiger charge is -2.21. The van der Waals surface area contributed by atoms with Crippen molar-refractivity contribution in [3.8, 4) is 5.75 Å². The number of nitrogens with zero attached hydrogens (tertiary/aromatic N) is 2. The van der Waals surface area contributed by atoms with Gasteiger partial charge in [0, 0.05) is 48.7 Å². The Balaban J connectivity index is 1.74. The van der Waals surface area contributed by atoms with Gasteiger partial charge in [0.15, 0.2) is 5.75 Å². The number of amides is 2. The van der Waals surface area contributed by atoms with Gasteiger partial charge in [0.05, 0.1) is 11.2 Å². The number of ether oxygens (including phenoxy) is 2. The number of esters is 1. The maximum absolute atomic E-state index is 13.5. The molecule has 4 aromatic rings. The number of hydrogen-bond donors (Lipinski definition) is 1. The van der Waals surface area contributed by atoms with Gasteiger partial charge in [-0.25, -0.2) is 4.79 Å². The Morgan fingerprint density at radius 1 is 0.949 bits per heavy atom. The van der Waals surface area contributed by atoms with Gasteiger partial charge in [-0.3, -0.25) is 9.59 Å². The van der Waals surface area contributed by atoms with Crippen molar-refractivity contribution >= 4 is 46.2 Å². The van der Waals surface area contributed by atoms with E-state index in [4.69, 9.17) is 21.1 Å². The highest BCUT2D eigenvalue weighted by molar-refractivity contribution is 6.30. The van der Waals surface area contributed by atoms with Crippen LogP contribution in [0.5, 0.6) is 5.75 Å². The molecule has 0 aliphatic carbocycles. The Bertz CT molecular complexity index is 1460. The first-order chi connectivity index (χ1) is 18.8. The first-order valence-corrected chi connectivity index (χ1v) is 13.0. The van der Waals surface area contributed by atoms with Gasteiger partial charge in [0.1, 0.15) is 0 Å². The van der Waals surface area contributed by atoms with Crippen LogP contribution in [0.15, 0.2) is 79.0 Å². The Hall–Kier alpha value is -4.30. The zero-order valence-electron chi connectivity index (χ0n) is 22.0. The number of aromatic nitrogens is 1. The van der Waals surface area contributed by atoms with Crippen molar-refractivity contribution in [1.82, 2.24) is 9.47 Å². The minimum Gasteiger partial charge on any atom is -0.447 e. The fraction of sp³-hybridized carbons (Fsp3) is 0.233. The molecule has 2 amide bonds. The van der Waals surface area contributed by atoms with Crippen LogP contribution in [0.4, 0.5) is 10.5 Å². The number of hydrogen-bond acceptors (Lipinski definition) is 5. The predicted octanol–water partition coefficient (Wildman–Crippen LogP) is 6.43. The summed E-state index contributed by atoms with van der Waals surface area (Å²) in [7, 11) is 0. The molecule has 1 atom stereocenters. The van der Waals surface area contributed by atoms with Gasteiger partial charge in [-0.15, -0.1) is 0 Å². The predicted molar refractivity (Wildman–Crippen MR) is 151 cm³/mol. The van der Waals surface area contributed by atoms with Gasteiger partial charge >= 0.3 is 12.1 Å². The van der Waals surface area contributed by atoms with Crippen LogP contribution in [0.1, 0.15) is 38.0 Å². The number of halogens is 1. The molecule has 0 aliphatic rings. The third-order valence-corrected chi connectivity index (χ3v) is 6.52. The van der Waals surface area contributed by atoms with E-state index in [1.54, 1.807) is 36.4 Å². The van der Waals surface area contributed by atoms with Crippen LogP contribution in [0, 0.1) is 0 Å². The van der Waals surface area contributed by atoms with Crippen LogP contribution in [0.2, 0.25) is 5.02 Å². The van der Waals surface area contributed by atoms with E-state index in [0.29, 0.717) is 41.3 Å². The lowest BCUT2D eigenvalue weighted by Crippen LogP contribution is -2.33. The molecule has 0 bridgehead atoms. The van der Waals surface area contributed by atoms with Crippen LogP contribution in [-0.2, 0) is 20.9 Å². The Morgan fingerprint density at radius 3 is 2.28 bits per heavy atom. The molecule has 0 saturated carbocycles. The second-order valence-electron chi connectivity index (χ2n) is 8.87. The molecule has 0 radical (unpaired) electrons. The molecule has 202 valence electrons. The van der Waals surface area contributed by atoms with Crippen molar-refractivity contribution in [3.05, 3.63) is 95.1 Å². The van der Waals surface area contributed by atoms with Gasteiger partial charge in [-0.1, -0.05) is 54.1 Å². The maximum atomic E-state index is 13.5. The quantitative estimate of drug-likeness (QED) is 0.244. The third kappa shape index (κ3) is 6.59. The topological polar surface area (TPSA) is 89.9 Å². The average Bonchev–Trinajstić information content (AvgIpc) is 3.33. The van der Waals surface area contributed by atoms with Gasteiger partial charge in [0.2, 0.25) is 6.10 Å². The van der Waals surface area contributed by atoms with E-state index in [1.807, 2.05) is 61.0 Å². The first kappa shape index (κ1) is 27.7. The van der Waals surface area contributed by atoms with Crippen molar-refractivity contribution < 1.29 is 23.9 Å². The summed E-state index contributed by atoms with van der Waals surface area (Å²) in [6.07, 6.45) is 0.169. The van der Waals surface area contributed by atoms with Gasteiger partial charge < -0.3 is 24.3 Å². The number of fused-ring (bicyclic) bond motifs is 1. The van der Waals surface area contributed by atoms with Crippen molar-refractivity contribution in [2.45, 2.75) is 33.4 Å². The monoisotopic (exact) mass is 547 g/mol. The van der Waals surface area contributed by atoms with E-state index in [-0.39, 0.29) is 5.75 Å². The zero-order chi connectivity index (χ0) is 27.9. The number of carbonyl (C=O) groups excluding carboxylic acids is 3. The zero-order valence-corrected chi connectivity index (χ0v) is 22.8. The maximum Gasteiger partial charge on any atom is 0.415 e. The summed E-state index contributed by atoms with van der Waals surface area (Å²) >= 11 is 6.04. The fourth-order valence-corrected chi connectivity index (χ4v) is 4.41. The van der Waals surface area contributed by atoms with Gasteiger partial charge in [-0.05, 0) is 49.7 Å². The van der Waals surface area contributed by atoms with Crippen LogP contribution in [-0.4, -0.2) is 40.5 Å². The molecule has 0 aliphatic heterocycles. The summed E-state index contributed by atoms with van der Waals surface area (Å²) in [6.45, 7) is 6.47. The van der Waals surface area contributed by atoms with E-state index in [9.17, 15) is 14.4 Å². The summed E-state index contributed by atoms with van der Waals surface area (Å²) < 4.78 is 13.2. The highest BCUT2D eigenvalue weighted by Gasteiger charge is 2.27. The largest absolute Gasteiger partial charge is 0.447 e. The van der Waals surface area contributed by atoms with Crippen molar-refractivity contribution in [3.63, 3.8) is 0 Å². The molecule has 39 heavy (non-hydrogen) atoms. The highest BCUT2D eigenvalue weighted by Crippen LogP contribution is 2.36. The van der Waals surface area contributed by atoms with E-state index < -0.39 is 24.1 Å². The number of benzene rings is 3. The molecular weight excluding hydrogens is 518 g/mol. The van der Waals surface area contributed by atoms with Gasteiger partial charge in [-0.2, -0.15) is 0 Å². The molecule has 1 heterocycles. The summed E-state index contributed by atoms with van der Waals surface area (Å²) in [5.41, 5.74) is 2.67. The molecule has 4 rings (SSSR count). The van der Waals surface area contributed by atoms with E-state index >= 15 is 0 Å². The molecule has 1 aromatic heterocycles. The number of nitrogens with one attached hydrogen (secondary N) is 1. The Kier molecular flexibility index (Phi) is 8.88. The van der Waals surface area contributed by atoms with Crippen molar-refractivity contribution in [1.29, 1.82) is 0 Å². The Labute approximate surface area is 232 Å². The summed E-state index contributed by atoms with van der Waals surface area (Å²) in [4.78, 5) is 39.8. The van der Waals surface area contributed by atoms with Crippen molar-refractivity contribution in [2.24, 2.45) is 0 Å². The minimum absolute atomic E-state index is 0.187. The SMILES string of the molecule is CCN(CC)C(=O)Oc1ccc2c(ccn2Cc2ccc(Cl)cc2)c1NC(=O)[C@H](OC(C)=O)c1ccccc1. The smallest absolute Gasteiger partial charge is 0.415 e. The standard InChI is InChI=1S/C30H30ClN3O5/c1-4-33(5-2)30(37)39-26-16-15-25-24(17-18-34(25)19-21-11-13-23(31)14-12-21)27(26)32-29(36)28(38-20(3)35)22-9-7-6-8-10-22/h6-18,28H,4-5,19H2,1-3H3,(H,32,36)/t28-/m1/s1. The molecule has 3 aromatic carbocycles. The number of anilines is 1. The fourth-order valence-electron chi connectivity index (χ4n) is 4.29. The summed E-state index contributed by atoms with van der Waals surface area (Å²) in [5, 5.41) is 4.20. The second kappa shape index (κ2) is 12.5. The van der Waals surface area contributed by atoms with Gasteiger partial charge in [0.25, 0.3) is 5.91 Å². The average molecular weight is 548 g/mol. The summed E-state index contributed by atoms with van der Waals surface area (Å²) in [6, 6.07) is 21.6. The molecule has 8 nitrogen and oxygen atoms in total. The highest BCUT2D eigenvalue weighted by atomic mass is 35.5. The number of carbonyl (C=O) groups is 3. The molecule has 0 saturated heterocycles. The van der Waals surface area contributed by atoms with E-state index in [1.165, 1.54) is 11.8 Å². The molecule has 0 spiro atoms. The lowest BCUT2D eigenvalue weighted by molar-refractivity contribution is -0.152. The molecule has 0 fully saturated rings. The van der Waals surface area contributed by atoms with Crippen LogP contribution < -0.4 is 10.1 Å². The normalized spacial score (nSPS) is 11.6. The van der Waals surface area contributed by atoms with E-state index in [2.05, 4.69) is 5.32 Å². The second-order valence-corrected chi connectivity index (χ2v) is 9.31. The van der Waals surface area contributed by atoms with Crippen LogP contribution >= 0.6 is 11.6 Å². The molecular formula is C30H30ClN3O5. The molecule has 9 heteroatoms. The van der Waals surface area contributed by atoms with E-state index in [0.717, 1.165) is 11.1 Å². The minimum atomic E-state index is -1.19. The van der Waals surface area contributed by atoms with Crippen molar-refractivity contribution in [2.75, 3.05) is 18.4 Å². The third-order valence-electron chi connectivity index (χ3n) is 6.27. The molecule has 1 N–H and O–H groups in total. The Morgan fingerprint density at radius 2 is 1.64 bits per heavy atom. The summed E-state index contributed by atoms with van der Waals surface area (Å²) in [5.74, 6) is -0.986.